The molecule has 1 aliphatic heterocycles. The van der Waals surface area contributed by atoms with Gasteiger partial charge in [0.15, 0.2) is 5.76 Å². The average molecular weight is 615 g/mol. The number of ether oxygens (including phenoxy) is 1. The topological polar surface area (TPSA) is 114 Å². The number of aromatic nitrogens is 1. The van der Waals surface area contributed by atoms with Crippen LogP contribution in [0, 0.1) is 6.92 Å². The van der Waals surface area contributed by atoms with Crippen LogP contribution in [0.2, 0.25) is 5.02 Å². The maximum Gasteiger partial charge on any atom is 0.263 e. The van der Waals surface area contributed by atoms with Crippen molar-refractivity contribution in [2.24, 2.45) is 4.99 Å². The molecule has 0 saturated heterocycles. The van der Waals surface area contributed by atoms with Gasteiger partial charge in [-0.15, -0.1) is 0 Å². The van der Waals surface area contributed by atoms with Crippen molar-refractivity contribution in [3.63, 3.8) is 0 Å². The van der Waals surface area contributed by atoms with Crippen LogP contribution in [0.3, 0.4) is 0 Å². The molecule has 2 aliphatic rings. The zero-order chi connectivity index (χ0) is 31.7. The predicted octanol–water partition coefficient (Wildman–Crippen LogP) is 6.88. The van der Waals surface area contributed by atoms with Crippen LogP contribution in [0.25, 0.3) is 11.1 Å². The van der Waals surface area contributed by atoms with Crippen molar-refractivity contribution < 1.29 is 25.2 Å². The maximum atomic E-state index is 13.7. The number of nitrogens with one attached hydrogen (secondary N) is 1. The molecule has 2 aromatic carbocycles. The summed E-state index contributed by atoms with van der Waals surface area (Å²) in [6, 6.07) is 11.4. The Morgan fingerprint density at radius 1 is 1.17 bits per heavy atom. The third kappa shape index (κ3) is 5.98. The van der Waals surface area contributed by atoms with Crippen molar-refractivity contribution in [1.29, 1.82) is 0 Å². The first-order chi connectivity index (χ1) is 20.9. The Kier molecular flexibility index (Phi) is 8.26. The summed E-state index contributed by atoms with van der Waals surface area (Å²) in [6.07, 6.45) is 6.01. The molecule has 0 bridgehead atoms. The molecule has 1 fully saturated rings. The van der Waals surface area contributed by atoms with E-state index in [9.17, 15) is 13.2 Å². The zero-order valence-electron chi connectivity index (χ0n) is 26.1. The fraction of sp³-hybridized carbons (Fsp3) is 0.452. The van der Waals surface area contributed by atoms with E-state index in [1.54, 1.807) is 55.1 Å². The van der Waals surface area contributed by atoms with Crippen LogP contribution in [-0.2, 0) is 32.7 Å². The van der Waals surface area contributed by atoms with Gasteiger partial charge in [-0.25, -0.2) is 8.42 Å². The molecule has 1 aliphatic carbocycles. The van der Waals surface area contributed by atoms with E-state index in [1.807, 2.05) is 0 Å². The molecule has 0 atom stereocenters. The largest absolute Gasteiger partial charge is 0.377 e. The number of halogens is 1. The number of aliphatic imine (C=N–C) groups is 1. The van der Waals surface area contributed by atoms with Crippen molar-refractivity contribution in [1.82, 2.24) is 10.1 Å². The van der Waals surface area contributed by atoms with E-state index in [2.05, 4.69) is 16.8 Å². The molecule has 2 heterocycles. The zero-order valence-corrected chi connectivity index (χ0v) is 25.6. The van der Waals surface area contributed by atoms with Gasteiger partial charge in [0.05, 0.1) is 20.7 Å². The van der Waals surface area contributed by atoms with Gasteiger partial charge in [0.1, 0.15) is 16.4 Å². The quantitative estimate of drug-likeness (QED) is 0.238. The average Bonchev–Trinajstić information content (AvgIpc) is 3.67. The number of carbonyl (C=O) groups excluding carboxylic acids is 1. The van der Waals surface area contributed by atoms with E-state index in [-0.39, 0.29) is 51.7 Å². The second-order valence-corrected chi connectivity index (χ2v) is 12.7. The molecule has 9 nitrogen and oxygen atoms in total. The monoisotopic (exact) mass is 614 g/mol. The number of unbranched alkanes of at least 4 members (excludes halogenated alkanes) is 1. The van der Waals surface area contributed by atoms with Crippen LogP contribution in [0.1, 0.15) is 78.4 Å². The third-order valence-electron chi connectivity index (χ3n) is 7.72. The number of benzene rings is 2. The number of nitrogens with zero attached hydrogens (tertiary/aromatic N) is 3. The molecular formula is C31H37ClN4O5S. The summed E-state index contributed by atoms with van der Waals surface area (Å²) in [5.74, 6) is 0.902. The summed E-state index contributed by atoms with van der Waals surface area (Å²) in [7, 11) is -4.23. The summed E-state index contributed by atoms with van der Waals surface area (Å²) in [4.78, 5) is 20.3. The normalized spacial score (nSPS) is 17.5. The molecule has 1 N–H and O–H groups in total. The van der Waals surface area contributed by atoms with Gasteiger partial charge in [0.25, 0.3) is 15.9 Å². The highest BCUT2D eigenvalue weighted by atomic mass is 35.5. The van der Waals surface area contributed by atoms with Crippen molar-refractivity contribution >= 4 is 39.2 Å². The number of carbonyl (C=O) groups is 1. The number of amides is 1. The minimum atomic E-state index is -4.23. The van der Waals surface area contributed by atoms with Crippen molar-refractivity contribution in [2.45, 2.75) is 89.3 Å². The van der Waals surface area contributed by atoms with Crippen molar-refractivity contribution in [2.75, 3.05) is 11.3 Å². The van der Waals surface area contributed by atoms with Crippen LogP contribution in [0.4, 0.5) is 5.82 Å². The van der Waals surface area contributed by atoms with Gasteiger partial charge in [-0.3, -0.25) is 19.4 Å². The molecule has 1 aromatic heterocycles. The fourth-order valence-electron chi connectivity index (χ4n) is 5.57. The van der Waals surface area contributed by atoms with Crippen molar-refractivity contribution in [3.05, 3.63) is 64.4 Å². The Bertz CT molecular complexity index is 1690. The summed E-state index contributed by atoms with van der Waals surface area (Å²) < 4.78 is 57.7. The molecule has 1 saturated carbocycles. The number of anilines is 1. The Balaban J connectivity index is 1.55. The Morgan fingerprint density at radius 2 is 1.93 bits per heavy atom. The highest BCUT2D eigenvalue weighted by Gasteiger charge is 2.49. The number of rotatable bonds is 12. The molecule has 0 unspecified atom stereocenters. The highest BCUT2D eigenvalue weighted by Crippen LogP contribution is 2.40. The molecule has 11 heteroatoms. The molecule has 42 heavy (non-hydrogen) atoms. The number of aryl methyl sites for hydroxylation is 1. The van der Waals surface area contributed by atoms with Crippen LogP contribution in [0.5, 0.6) is 0 Å². The lowest BCUT2D eigenvalue weighted by molar-refractivity contribution is -0.131. The van der Waals surface area contributed by atoms with Gasteiger partial charge in [-0.2, -0.15) is 0 Å². The molecule has 5 rings (SSSR count). The fourth-order valence-corrected chi connectivity index (χ4v) is 6.97. The predicted molar refractivity (Wildman–Crippen MR) is 163 cm³/mol. The first-order valence-electron chi connectivity index (χ1n) is 15.3. The molecule has 0 radical (unpaired) electrons. The first kappa shape index (κ1) is 27.6. The number of amidine groups is 1. The maximum absolute atomic E-state index is 13.7. The van der Waals surface area contributed by atoms with E-state index in [1.165, 1.54) is 6.07 Å². The van der Waals surface area contributed by atoms with Gasteiger partial charge in [0, 0.05) is 18.6 Å². The van der Waals surface area contributed by atoms with Crippen LogP contribution in [-0.4, -0.2) is 42.4 Å². The molecular weight excluding hydrogens is 576 g/mol. The second kappa shape index (κ2) is 12.6. The van der Waals surface area contributed by atoms with E-state index in [4.69, 9.17) is 28.6 Å². The van der Waals surface area contributed by atoms with E-state index in [0.717, 1.165) is 44.4 Å². The Hall–Kier alpha value is -3.21. The van der Waals surface area contributed by atoms with Crippen LogP contribution < -0.4 is 4.72 Å². The summed E-state index contributed by atoms with van der Waals surface area (Å²) in [5, 5.41) is 3.75. The Labute approximate surface area is 255 Å². The lowest BCUT2D eigenvalue weighted by Crippen LogP contribution is -2.40. The number of hydrogen-bond donors (Lipinski definition) is 1. The minimum Gasteiger partial charge on any atom is -0.377 e. The molecule has 1 amide bonds. The van der Waals surface area contributed by atoms with E-state index >= 15 is 0 Å². The SMILES string of the molecule is [2H]C([2H])(OCC)c1cc(CN2C(=O)C3(CCCC3)N=C2CCCC)ccc1-c1ccccc1S(=O)(=O)Nc1noc(C)c1Cl. The lowest BCUT2D eigenvalue weighted by Gasteiger charge is -2.23. The van der Waals surface area contributed by atoms with Gasteiger partial charge in [-0.1, -0.05) is 79.3 Å². The number of sulfonamides is 1. The van der Waals surface area contributed by atoms with E-state index < -0.39 is 22.1 Å². The van der Waals surface area contributed by atoms with Gasteiger partial charge >= 0.3 is 0 Å². The summed E-state index contributed by atoms with van der Waals surface area (Å²) in [5.41, 5.74) is 0.730. The van der Waals surface area contributed by atoms with Gasteiger partial charge < -0.3 is 9.26 Å². The van der Waals surface area contributed by atoms with Gasteiger partial charge in [-0.05, 0) is 55.9 Å². The van der Waals surface area contributed by atoms with E-state index in [0.29, 0.717) is 17.5 Å². The molecule has 3 aromatic rings. The summed E-state index contributed by atoms with van der Waals surface area (Å²) in [6.45, 7) is 3.40. The van der Waals surface area contributed by atoms with Gasteiger partial charge in [0.2, 0.25) is 5.82 Å². The van der Waals surface area contributed by atoms with Crippen molar-refractivity contribution in [3.8, 4) is 11.1 Å². The number of hydrogen-bond acceptors (Lipinski definition) is 7. The lowest BCUT2D eigenvalue weighted by atomic mass is 9.96. The molecule has 224 valence electrons. The summed E-state index contributed by atoms with van der Waals surface area (Å²) >= 11 is 6.17. The van der Waals surface area contributed by atoms with Crippen LogP contribution in [0.15, 0.2) is 56.9 Å². The smallest absolute Gasteiger partial charge is 0.263 e. The first-order valence-corrected chi connectivity index (χ1v) is 16.2. The Morgan fingerprint density at radius 3 is 2.62 bits per heavy atom. The second-order valence-electron chi connectivity index (χ2n) is 10.7. The minimum absolute atomic E-state index is 0.00353. The van der Waals surface area contributed by atoms with Crippen LogP contribution >= 0.6 is 11.6 Å². The third-order valence-corrected chi connectivity index (χ3v) is 9.56. The standard InChI is InChI=1S/C31H37ClN4O5S/c1-4-6-13-27-33-31(16-9-10-17-31)30(37)36(27)19-22-14-15-24(23(18-22)20-40-5-2)25-11-7-8-12-26(25)42(38,39)35-29-28(32)21(3)41-34-29/h7-8,11-12,14-15,18H,4-6,9-10,13,16-17,19-20H2,1-3H3,(H,34,35)/i20D2. The highest BCUT2D eigenvalue weighted by molar-refractivity contribution is 7.92. The molecule has 1 spiro atoms.